The van der Waals surface area contributed by atoms with Crippen LogP contribution in [0.3, 0.4) is 0 Å². The minimum Gasteiger partial charge on any atom is -0.381 e. The Hall–Kier alpha value is -1.57. The van der Waals surface area contributed by atoms with Gasteiger partial charge in [-0.1, -0.05) is 0 Å². The van der Waals surface area contributed by atoms with Crippen molar-refractivity contribution in [3.8, 4) is 0 Å². The molecule has 2 fully saturated rings. The van der Waals surface area contributed by atoms with Crippen molar-refractivity contribution in [3.63, 3.8) is 0 Å². The molecule has 1 aliphatic heterocycles. The number of nitrogens with one attached hydrogen (secondary N) is 2. The van der Waals surface area contributed by atoms with Crippen molar-refractivity contribution < 1.29 is 9.53 Å². The summed E-state index contributed by atoms with van der Waals surface area (Å²) in [6, 6.07) is 2.00. The van der Waals surface area contributed by atoms with Crippen LogP contribution in [-0.2, 0) is 4.74 Å². The summed E-state index contributed by atoms with van der Waals surface area (Å²) < 4.78 is 5.41. The van der Waals surface area contributed by atoms with Crippen molar-refractivity contribution in [1.29, 1.82) is 5.41 Å². The van der Waals surface area contributed by atoms with Gasteiger partial charge in [-0.15, -0.1) is 22.7 Å². The number of rotatable bonds is 6. The molecule has 2 aromatic rings. The highest BCUT2D eigenvalue weighted by Gasteiger charge is 2.42. The number of carbonyl (C=O) groups is 1. The molecule has 0 radical (unpaired) electrons. The first-order valence-corrected chi connectivity index (χ1v) is 10.8. The molecule has 26 heavy (non-hydrogen) atoms. The predicted octanol–water partition coefficient (Wildman–Crippen LogP) is 4.71. The molecule has 4 rings (SSSR count). The first-order valence-electron chi connectivity index (χ1n) is 9.07. The summed E-state index contributed by atoms with van der Waals surface area (Å²) in [7, 11) is 0. The summed E-state index contributed by atoms with van der Waals surface area (Å²) in [4.78, 5) is 17.8. The van der Waals surface area contributed by atoms with Gasteiger partial charge in [0.05, 0.1) is 16.8 Å². The first kappa shape index (κ1) is 17.8. The summed E-state index contributed by atoms with van der Waals surface area (Å²) in [6.45, 7) is 3.61. The van der Waals surface area contributed by atoms with E-state index >= 15 is 0 Å². The number of carbonyl (C=O) groups excluding carboxylic acids is 1. The lowest BCUT2D eigenvalue weighted by molar-refractivity contribution is 0.0682. The van der Waals surface area contributed by atoms with E-state index in [4.69, 9.17) is 10.1 Å². The highest BCUT2D eigenvalue weighted by atomic mass is 32.1. The molecule has 2 atom stereocenters. The van der Waals surface area contributed by atoms with Gasteiger partial charge >= 0.3 is 0 Å². The van der Waals surface area contributed by atoms with E-state index in [2.05, 4.69) is 10.3 Å². The fourth-order valence-corrected chi connectivity index (χ4v) is 5.32. The van der Waals surface area contributed by atoms with E-state index < -0.39 is 0 Å². The van der Waals surface area contributed by atoms with E-state index in [1.165, 1.54) is 16.2 Å². The van der Waals surface area contributed by atoms with Crippen molar-refractivity contribution in [2.45, 2.75) is 38.5 Å². The second kappa shape index (κ2) is 7.58. The molecule has 0 aromatic carbocycles. The van der Waals surface area contributed by atoms with Gasteiger partial charge < -0.3 is 15.5 Å². The summed E-state index contributed by atoms with van der Waals surface area (Å²) in [5.74, 6) is 1.34. The number of thiophene rings is 1. The minimum absolute atomic E-state index is 0.0781. The van der Waals surface area contributed by atoms with Gasteiger partial charge in [0.2, 0.25) is 0 Å². The summed E-state index contributed by atoms with van der Waals surface area (Å²) >= 11 is 3.12. The Morgan fingerprint density at radius 2 is 2.23 bits per heavy atom. The molecule has 0 spiro atoms. The fourth-order valence-electron chi connectivity index (χ4n) is 3.58. The van der Waals surface area contributed by atoms with E-state index in [1.807, 2.05) is 18.4 Å². The van der Waals surface area contributed by atoms with Gasteiger partial charge in [-0.05, 0) is 44.6 Å². The molecular weight excluding hydrogens is 366 g/mol. The number of nitrogens with zero attached hydrogens (tertiary/aromatic N) is 1. The molecule has 2 unspecified atom stereocenters. The van der Waals surface area contributed by atoms with E-state index in [0.717, 1.165) is 54.6 Å². The quantitative estimate of drug-likeness (QED) is 0.703. The van der Waals surface area contributed by atoms with Gasteiger partial charge in [-0.3, -0.25) is 4.79 Å². The number of aromatic nitrogens is 1. The van der Waals surface area contributed by atoms with Crippen LogP contribution in [-0.4, -0.2) is 29.8 Å². The van der Waals surface area contributed by atoms with Crippen LogP contribution in [0.2, 0.25) is 0 Å². The van der Waals surface area contributed by atoms with Crippen LogP contribution in [0, 0.1) is 24.2 Å². The van der Waals surface area contributed by atoms with Gasteiger partial charge in [0.15, 0.2) is 0 Å². The predicted molar refractivity (Wildman–Crippen MR) is 106 cm³/mol. The average Bonchev–Trinajstić information content (AvgIpc) is 3.09. The molecule has 2 aliphatic rings. The van der Waals surface area contributed by atoms with Crippen LogP contribution in [0.5, 0.6) is 0 Å². The van der Waals surface area contributed by atoms with Crippen molar-refractivity contribution in [2.24, 2.45) is 11.8 Å². The second-order valence-corrected chi connectivity index (χ2v) is 9.35. The molecule has 3 heterocycles. The third-order valence-corrected chi connectivity index (χ3v) is 7.09. The number of aryl methyl sites for hydroxylation is 1. The molecule has 2 aromatic heterocycles. The third-order valence-electron chi connectivity index (χ3n) is 5.19. The molecule has 1 saturated heterocycles. The van der Waals surface area contributed by atoms with E-state index in [-0.39, 0.29) is 5.91 Å². The summed E-state index contributed by atoms with van der Waals surface area (Å²) in [6.07, 6.45) is 5.83. The minimum atomic E-state index is -0.0781. The van der Waals surface area contributed by atoms with Gasteiger partial charge in [-0.25, -0.2) is 4.98 Å². The molecule has 1 aliphatic carbocycles. The molecule has 5 nitrogen and oxygen atoms in total. The Labute approximate surface area is 161 Å². The molecule has 138 valence electrons. The topological polar surface area (TPSA) is 75.1 Å². The Kier molecular flexibility index (Phi) is 5.20. The normalized spacial score (nSPS) is 23.0. The summed E-state index contributed by atoms with van der Waals surface area (Å²) in [5.41, 5.74) is 1.60. The molecule has 2 N–H and O–H groups in total. The van der Waals surface area contributed by atoms with Gasteiger partial charge in [-0.2, -0.15) is 0 Å². The first-order chi connectivity index (χ1) is 12.6. The summed E-state index contributed by atoms with van der Waals surface area (Å²) in [5, 5.41) is 15.0. The highest BCUT2D eigenvalue weighted by Crippen LogP contribution is 2.51. The monoisotopic (exact) mass is 389 g/mol. The third kappa shape index (κ3) is 4.05. The zero-order chi connectivity index (χ0) is 18.1. The number of amides is 1. The van der Waals surface area contributed by atoms with Crippen molar-refractivity contribution in [3.05, 3.63) is 33.1 Å². The van der Waals surface area contributed by atoms with E-state index in [0.29, 0.717) is 23.3 Å². The van der Waals surface area contributed by atoms with Crippen LogP contribution in [0.4, 0.5) is 5.00 Å². The largest absolute Gasteiger partial charge is 0.381 e. The number of ether oxygens (including phenoxy) is 1. The SMILES string of the molecule is Cc1ncc(NC(=O)c2csc(C3CC3C(=N)CC3CCOCC3)c2)s1. The van der Waals surface area contributed by atoms with Crippen LogP contribution >= 0.6 is 22.7 Å². The van der Waals surface area contributed by atoms with Gasteiger partial charge in [0.25, 0.3) is 5.91 Å². The van der Waals surface area contributed by atoms with Crippen molar-refractivity contribution in [2.75, 3.05) is 18.5 Å². The fraction of sp³-hybridized carbons (Fsp3) is 0.526. The van der Waals surface area contributed by atoms with E-state index in [9.17, 15) is 4.79 Å². The maximum absolute atomic E-state index is 12.4. The Morgan fingerprint density at radius 1 is 1.42 bits per heavy atom. The van der Waals surface area contributed by atoms with Crippen LogP contribution in [0.25, 0.3) is 0 Å². The Morgan fingerprint density at radius 3 is 2.96 bits per heavy atom. The molecule has 7 heteroatoms. The van der Waals surface area contributed by atoms with Crippen LogP contribution in [0.1, 0.15) is 51.8 Å². The average molecular weight is 390 g/mol. The standard InChI is InChI=1S/C19H23N3O2S2/c1-11-21-9-18(26-11)22-19(23)13-7-17(25-10-13)15-8-14(15)16(20)6-12-2-4-24-5-3-12/h7,9-10,12,14-15,20H,2-6,8H2,1H3,(H,22,23). The van der Waals surface area contributed by atoms with Crippen molar-refractivity contribution >= 4 is 39.3 Å². The number of hydrogen-bond acceptors (Lipinski definition) is 6. The smallest absolute Gasteiger partial charge is 0.257 e. The highest BCUT2D eigenvalue weighted by molar-refractivity contribution is 7.15. The van der Waals surface area contributed by atoms with Gasteiger partial charge in [0.1, 0.15) is 5.00 Å². The Balaban J connectivity index is 1.32. The molecule has 0 bridgehead atoms. The lowest BCUT2D eigenvalue weighted by Crippen LogP contribution is -2.19. The lowest BCUT2D eigenvalue weighted by atomic mass is 9.92. The molecular formula is C19H23N3O2S2. The van der Waals surface area contributed by atoms with Crippen LogP contribution < -0.4 is 5.32 Å². The Bertz CT molecular complexity index is 807. The lowest BCUT2D eigenvalue weighted by Gasteiger charge is -2.22. The second-order valence-electron chi connectivity index (χ2n) is 7.17. The van der Waals surface area contributed by atoms with E-state index in [1.54, 1.807) is 17.5 Å². The number of thiazole rings is 1. The van der Waals surface area contributed by atoms with Crippen LogP contribution in [0.15, 0.2) is 17.6 Å². The van der Waals surface area contributed by atoms with Crippen molar-refractivity contribution in [1.82, 2.24) is 4.98 Å². The number of anilines is 1. The van der Waals surface area contributed by atoms with Gasteiger partial charge in [0, 0.05) is 41.0 Å². The maximum atomic E-state index is 12.4. The molecule has 1 amide bonds. The zero-order valence-electron chi connectivity index (χ0n) is 14.8. The zero-order valence-corrected chi connectivity index (χ0v) is 16.4. The number of hydrogen-bond donors (Lipinski definition) is 2. The molecule has 1 saturated carbocycles. The maximum Gasteiger partial charge on any atom is 0.257 e.